The number of rotatable bonds is 8. The van der Waals surface area contributed by atoms with Crippen molar-refractivity contribution in [1.29, 1.82) is 0 Å². The third-order valence-corrected chi connectivity index (χ3v) is 4.56. The maximum atomic E-state index is 12.7. The minimum atomic E-state index is 0.103. The number of carbonyl (C=O) groups is 1. The van der Waals surface area contributed by atoms with Crippen molar-refractivity contribution in [3.05, 3.63) is 52.8 Å². The van der Waals surface area contributed by atoms with Crippen LogP contribution >= 0.6 is 11.3 Å². The van der Waals surface area contributed by atoms with E-state index in [2.05, 4.69) is 40.4 Å². The van der Waals surface area contributed by atoms with Crippen LogP contribution in [0.4, 0.5) is 0 Å². The van der Waals surface area contributed by atoms with Crippen LogP contribution in [-0.4, -0.2) is 32.5 Å². The van der Waals surface area contributed by atoms with Gasteiger partial charge in [-0.05, 0) is 40.4 Å². The van der Waals surface area contributed by atoms with Gasteiger partial charge in [0.05, 0.1) is 0 Å². The Morgan fingerprint density at radius 2 is 2.23 bits per heavy atom. The molecule has 0 spiro atoms. The molecule has 0 aliphatic carbocycles. The summed E-state index contributed by atoms with van der Waals surface area (Å²) in [6, 6.07) is 5.75. The van der Waals surface area contributed by atoms with Crippen LogP contribution in [-0.2, 0) is 17.8 Å². The van der Waals surface area contributed by atoms with E-state index in [1.807, 2.05) is 22.4 Å². The van der Waals surface area contributed by atoms with Gasteiger partial charge in [-0.25, -0.2) is 0 Å². The van der Waals surface area contributed by atoms with Gasteiger partial charge in [0.2, 0.25) is 17.6 Å². The summed E-state index contributed by atoms with van der Waals surface area (Å²) in [6.07, 6.45) is 4.17. The van der Waals surface area contributed by atoms with Crippen LogP contribution in [0.1, 0.15) is 31.7 Å². The molecule has 0 bridgehead atoms. The van der Waals surface area contributed by atoms with E-state index in [1.165, 1.54) is 5.56 Å². The molecule has 0 aliphatic rings. The van der Waals surface area contributed by atoms with Gasteiger partial charge in [-0.1, -0.05) is 19.0 Å². The predicted molar refractivity (Wildman–Crippen MR) is 100 cm³/mol. The Morgan fingerprint density at radius 3 is 2.92 bits per heavy atom. The van der Waals surface area contributed by atoms with Gasteiger partial charge in [0.15, 0.2) is 0 Å². The summed E-state index contributed by atoms with van der Waals surface area (Å²) in [5, 5.41) is 8.08. The van der Waals surface area contributed by atoms with Gasteiger partial charge in [-0.2, -0.15) is 16.3 Å². The molecule has 26 heavy (non-hydrogen) atoms. The van der Waals surface area contributed by atoms with Crippen LogP contribution in [0.5, 0.6) is 0 Å². The molecule has 0 unspecified atom stereocenters. The molecule has 0 aromatic carbocycles. The highest BCUT2D eigenvalue weighted by Gasteiger charge is 2.17. The third-order valence-electron chi connectivity index (χ3n) is 3.83. The highest BCUT2D eigenvalue weighted by Crippen LogP contribution is 2.16. The lowest BCUT2D eigenvalue weighted by Gasteiger charge is -2.24. The lowest BCUT2D eigenvalue weighted by atomic mass is 10.1. The molecule has 136 valence electrons. The molecule has 3 rings (SSSR count). The number of hydrogen-bond donors (Lipinski definition) is 0. The third kappa shape index (κ3) is 4.98. The quantitative estimate of drug-likeness (QED) is 0.603. The van der Waals surface area contributed by atoms with Gasteiger partial charge in [0, 0.05) is 43.9 Å². The molecular weight excluding hydrogens is 348 g/mol. The smallest absolute Gasteiger partial charge is 0.227 e. The van der Waals surface area contributed by atoms with Crippen LogP contribution in [0.25, 0.3) is 11.4 Å². The summed E-state index contributed by atoms with van der Waals surface area (Å²) in [7, 11) is 0. The van der Waals surface area contributed by atoms with Gasteiger partial charge < -0.3 is 9.42 Å². The molecule has 6 nitrogen and oxygen atoms in total. The van der Waals surface area contributed by atoms with E-state index < -0.39 is 0 Å². The molecule has 0 fully saturated rings. The van der Waals surface area contributed by atoms with Crippen LogP contribution in [0.2, 0.25) is 0 Å². The van der Waals surface area contributed by atoms with Crippen LogP contribution < -0.4 is 0 Å². The van der Waals surface area contributed by atoms with Gasteiger partial charge in [0.1, 0.15) is 0 Å². The Bertz CT molecular complexity index is 815. The zero-order chi connectivity index (χ0) is 18.4. The maximum Gasteiger partial charge on any atom is 0.227 e. The molecule has 0 N–H and O–H groups in total. The first-order chi connectivity index (χ1) is 12.6. The first kappa shape index (κ1) is 18.3. The fourth-order valence-electron chi connectivity index (χ4n) is 2.64. The second-order valence-electron chi connectivity index (χ2n) is 6.55. The standard InChI is InChI=1S/C19H22N4O2S/c1-14(2)11-23(12-15-7-9-26-13-15)18(24)6-5-17-21-19(22-25-17)16-4-3-8-20-10-16/h3-4,7-10,13-14H,5-6,11-12H2,1-2H3. The highest BCUT2D eigenvalue weighted by molar-refractivity contribution is 7.07. The summed E-state index contributed by atoms with van der Waals surface area (Å²) in [5.74, 6) is 1.49. The second-order valence-corrected chi connectivity index (χ2v) is 7.33. The Morgan fingerprint density at radius 1 is 1.35 bits per heavy atom. The highest BCUT2D eigenvalue weighted by atomic mass is 32.1. The van der Waals surface area contributed by atoms with Crippen molar-refractivity contribution >= 4 is 17.2 Å². The number of aromatic nitrogens is 3. The van der Waals surface area contributed by atoms with E-state index >= 15 is 0 Å². The Kier molecular flexibility index (Phi) is 6.12. The van der Waals surface area contributed by atoms with Gasteiger partial charge in [-0.3, -0.25) is 9.78 Å². The molecule has 3 heterocycles. The SMILES string of the molecule is CC(C)CN(Cc1ccsc1)C(=O)CCc1nc(-c2cccnc2)no1. The van der Waals surface area contributed by atoms with Crippen molar-refractivity contribution in [2.45, 2.75) is 33.2 Å². The van der Waals surface area contributed by atoms with Crippen LogP contribution in [0.3, 0.4) is 0 Å². The first-order valence-electron chi connectivity index (χ1n) is 8.63. The number of thiophene rings is 1. The van der Waals surface area contributed by atoms with Crippen molar-refractivity contribution < 1.29 is 9.32 Å². The average molecular weight is 370 g/mol. The zero-order valence-electron chi connectivity index (χ0n) is 15.0. The summed E-state index contributed by atoms with van der Waals surface area (Å²) in [6.45, 7) is 5.61. The normalized spacial score (nSPS) is 11.0. The summed E-state index contributed by atoms with van der Waals surface area (Å²) < 4.78 is 5.28. The van der Waals surface area contributed by atoms with E-state index in [4.69, 9.17) is 4.52 Å². The predicted octanol–water partition coefficient (Wildman–Crippen LogP) is 3.81. The van der Waals surface area contributed by atoms with E-state index in [1.54, 1.807) is 23.7 Å². The number of nitrogens with zero attached hydrogens (tertiary/aromatic N) is 4. The molecular formula is C19H22N4O2S. The Labute approximate surface area is 156 Å². The summed E-state index contributed by atoms with van der Waals surface area (Å²) in [5.41, 5.74) is 1.97. The number of amides is 1. The number of pyridine rings is 1. The molecule has 0 atom stereocenters. The largest absolute Gasteiger partial charge is 0.339 e. The molecule has 0 aliphatic heterocycles. The fraction of sp³-hybridized carbons (Fsp3) is 0.368. The Balaban J connectivity index is 1.60. The molecule has 0 saturated carbocycles. The van der Waals surface area contributed by atoms with Crippen molar-refractivity contribution in [3.8, 4) is 11.4 Å². The molecule has 3 aromatic rings. The van der Waals surface area contributed by atoms with Crippen molar-refractivity contribution in [1.82, 2.24) is 20.0 Å². The zero-order valence-corrected chi connectivity index (χ0v) is 15.8. The Hall–Kier alpha value is -2.54. The van der Waals surface area contributed by atoms with E-state index in [0.717, 1.165) is 12.1 Å². The van der Waals surface area contributed by atoms with Gasteiger partial charge >= 0.3 is 0 Å². The number of aryl methyl sites for hydroxylation is 1. The van der Waals surface area contributed by atoms with Crippen molar-refractivity contribution in [2.75, 3.05) is 6.54 Å². The number of hydrogen-bond acceptors (Lipinski definition) is 6. The molecule has 7 heteroatoms. The molecule has 1 amide bonds. The lowest BCUT2D eigenvalue weighted by Crippen LogP contribution is -2.33. The minimum Gasteiger partial charge on any atom is -0.339 e. The summed E-state index contributed by atoms with van der Waals surface area (Å²) in [4.78, 5) is 23.0. The summed E-state index contributed by atoms with van der Waals surface area (Å²) >= 11 is 1.65. The molecule has 0 radical (unpaired) electrons. The van der Waals surface area contributed by atoms with Crippen LogP contribution in [0.15, 0.2) is 45.9 Å². The van der Waals surface area contributed by atoms with E-state index in [-0.39, 0.29) is 5.91 Å². The molecule has 0 saturated heterocycles. The monoisotopic (exact) mass is 370 g/mol. The minimum absolute atomic E-state index is 0.103. The fourth-order valence-corrected chi connectivity index (χ4v) is 3.30. The van der Waals surface area contributed by atoms with Gasteiger partial charge in [0.25, 0.3) is 0 Å². The first-order valence-corrected chi connectivity index (χ1v) is 9.58. The van der Waals surface area contributed by atoms with Crippen molar-refractivity contribution in [3.63, 3.8) is 0 Å². The van der Waals surface area contributed by atoms with Crippen LogP contribution in [0, 0.1) is 5.92 Å². The second kappa shape index (κ2) is 8.71. The number of carbonyl (C=O) groups excluding carboxylic acids is 1. The maximum absolute atomic E-state index is 12.7. The molecule has 3 aromatic heterocycles. The van der Waals surface area contributed by atoms with Crippen molar-refractivity contribution in [2.24, 2.45) is 5.92 Å². The van der Waals surface area contributed by atoms with E-state index in [9.17, 15) is 4.79 Å². The van der Waals surface area contributed by atoms with E-state index in [0.29, 0.717) is 37.0 Å². The van der Waals surface area contributed by atoms with Gasteiger partial charge in [-0.15, -0.1) is 0 Å². The average Bonchev–Trinajstić information content (AvgIpc) is 3.31. The topological polar surface area (TPSA) is 72.1 Å². The lowest BCUT2D eigenvalue weighted by molar-refractivity contribution is -0.132.